The molecular formula is C16H22N2O2. The zero-order valence-corrected chi connectivity index (χ0v) is 12.0. The summed E-state index contributed by atoms with van der Waals surface area (Å²) in [6, 6.07) is 8.21. The van der Waals surface area contributed by atoms with Crippen molar-refractivity contribution in [3.05, 3.63) is 24.3 Å². The predicted molar refractivity (Wildman–Crippen MR) is 79.1 cm³/mol. The number of para-hydroxylation sites is 2. The molecule has 4 nitrogen and oxygen atoms in total. The van der Waals surface area contributed by atoms with E-state index in [0.717, 1.165) is 43.7 Å². The Balaban J connectivity index is 1.83. The van der Waals surface area contributed by atoms with E-state index in [-0.39, 0.29) is 11.9 Å². The fraction of sp³-hybridized carbons (Fsp3) is 0.562. The van der Waals surface area contributed by atoms with Crippen LogP contribution in [0.25, 0.3) is 0 Å². The third-order valence-corrected chi connectivity index (χ3v) is 4.12. The standard InChI is InChI=1S/C16H22N2O2/c1-12-6-4-7-13(17-12)16(19)18-10-5-11-20-15-9-3-2-8-14(15)18/h2-3,8-9,12-13,17H,4-7,10-11H2,1H3. The number of amides is 1. The molecule has 108 valence electrons. The molecule has 0 bridgehead atoms. The third kappa shape index (κ3) is 2.66. The van der Waals surface area contributed by atoms with E-state index >= 15 is 0 Å². The highest BCUT2D eigenvalue weighted by molar-refractivity contribution is 5.98. The van der Waals surface area contributed by atoms with Crippen molar-refractivity contribution in [1.29, 1.82) is 0 Å². The molecular weight excluding hydrogens is 252 g/mol. The van der Waals surface area contributed by atoms with Crippen molar-refractivity contribution in [2.24, 2.45) is 0 Å². The molecule has 20 heavy (non-hydrogen) atoms. The van der Waals surface area contributed by atoms with Crippen LogP contribution in [0.5, 0.6) is 5.75 Å². The quantitative estimate of drug-likeness (QED) is 0.854. The van der Waals surface area contributed by atoms with Crippen LogP contribution in [0.1, 0.15) is 32.6 Å². The maximum Gasteiger partial charge on any atom is 0.244 e. The molecule has 0 spiro atoms. The first-order chi connectivity index (χ1) is 9.75. The molecule has 2 aliphatic heterocycles. The molecule has 2 heterocycles. The van der Waals surface area contributed by atoms with E-state index in [1.165, 1.54) is 0 Å². The topological polar surface area (TPSA) is 41.6 Å². The number of benzene rings is 1. The van der Waals surface area contributed by atoms with Gasteiger partial charge < -0.3 is 15.0 Å². The summed E-state index contributed by atoms with van der Waals surface area (Å²) in [5.41, 5.74) is 0.912. The summed E-state index contributed by atoms with van der Waals surface area (Å²) < 4.78 is 5.72. The predicted octanol–water partition coefficient (Wildman–Crippen LogP) is 2.33. The molecule has 2 atom stereocenters. The van der Waals surface area contributed by atoms with Gasteiger partial charge in [0.15, 0.2) is 0 Å². The number of ether oxygens (including phenoxy) is 1. The highest BCUT2D eigenvalue weighted by atomic mass is 16.5. The Bertz CT molecular complexity index is 489. The molecule has 1 fully saturated rings. The lowest BCUT2D eigenvalue weighted by molar-refractivity contribution is -0.121. The van der Waals surface area contributed by atoms with Crippen LogP contribution in [-0.2, 0) is 4.79 Å². The van der Waals surface area contributed by atoms with Gasteiger partial charge in [-0.25, -0.2) is 0 Å². The van der Waals surface area contributed by atoms with Crippen LogP contribution in [0.4, 0.5) is 5.69 Å². The number of carbonyl (C=O) groups excluding carboxylic acids is 1. The second-order valence-electron chi connectivity index (χ2n) is 5.71. The number of hydrogen-bond donors (Lipinski definition) is 1. The van der Waals surface area contributed by atoms with Crippen LogP contribution in [0.3, 0.4) is 0 Å². The molecule has 1 aromatic rings. The van der Waals surface area contributed by atoms with Crippen molar-refractivity contribution in [1.82, 2.24) is 5.32 Å². The highest BCUT2D eigenvalue weighted by Gasteiger charge is 2.30. The largest absolute Gasteiger partial charge is 0.491 e. The monoisotopic (exact) mass is 274 g/mol. The zero-order chi connectivity index (χ0) is 13.9. The number of nitrogens with zero attached hydrogens (tertiary/aromatic N) is 1. The Morgan fingerprint density at radius 1 is 1.30 bits per heavy atom. The van der Waals surface area contributed by atoms with Gasteiger partial charge in [0.25, 0.3) is 0 Å². The minimum absolute atomic E-state index is 0.0510. The van der Waals surface area contributed by atoms with Gasteiger partial charge in [0, 0.05) is 12.6 Å². The molecule has 0 aliphatic carbocycles. The second kappa shape index (κ2) is 5.83. The van der Waals surface area contributed by atoms with Gasteiger partial charge in [0.05, 0.1) is 18.3 Å². The van der Waals surface area contributed by atoms with E-state index in [0.29, 0.717) is 12.6 Å². The normalized spacial score (nSPS) is 26.4. The lowest BCUT2D eigenvalue weighted by Gasteiger charge is -2.32. The van der Waals surface area contributed by atoms with Crippen LogP contribution in [0.15, 0.2) is 24.3 Å². The Morgan fingerprint density at radius 2 is 2.15 bits per heavy atom. The summed E-state index contributed by atoms with van der Waals surface area (Å²) in [5, 5.41) is 3.43. The molecule has 3 rings (SSSR count). The van der Waals surface area contributed by atoms with E-state index in [2.05, 4.69) is 12.2 Å². The number of rotatable bonds is 1. The maximum atomic E-state index is 12.8. The number of anilines is 1. The molecule has 0 aromatic heterocycles. The molecule has 4 heteroatoms. The fourth-order valence-corrected chi connectivity index (χ4v) is 3.08. The van der Waals surface area contributed by atoms with E-state index in [9.17, 15) is 4.79 Å². The van der Waals surface area contributed by atoms with Crippen molar-refractivity contribution in [3.63, 3.8) is 0 Å². The lowest BCUT2D eigenvalue weighted by atomic mass is 9.98. The summed E-state index contributed by atoms with van der Waals surface area (Å²) in [4.78, 5) is 14.7. The summed E-state index contributed by atoms with van der Waals surface area (Å²) >= 11 is 0. The maximum absolute atomic E-state index is 12.8. The van der Waals surface area contributed by atoms with E-state index in [1.807, 2.05) is 29.2 Å². The zero-order valence-electron chi connectivity index (χ0n) is 12.0. The van der Waals surface area contributed by atoms with Crippen molar-refractivity contribution >= 4 is 11.6 Å². The van der Waals surface area contributed by atoms with Crippen molar-refractivity contribution in [2.75, 3.05) is 18.1 Å². The van der Waals surface area contributed by atoms with Gasteiger partial charge in [-0.3, -0.25) is 4.79 Å². The van der Waals surface area contributed by atoms with Gasteiger partial charge in [-0.05, 0) is 44.7 Å². The van der Waals surface area contributed by atoms with Crippen molar-refractivity contribution in [3.8, 4) is 5.75 Å². The van der Waals surface area contributed by atoms with E-state index < -0.39 is 0 Å². The number of carbonyl (C=O) groups is 1. The Labute approximate surface area is 120 Å². The van der Waals surface area contributed by atoms with Gasteiger partial charge >= 0.3 is 0 Å². The van der Waals surface area contributed by atoms with Crippen molar-refractivity contribution < 1.29 is 9.53 Å². The van der Waals surface area contributed by atoms with Crippen LogP contribution >= 0.6 is 0 Å². The molecule has 1 N–H and O–H groups in total. The minimum atomic E-state index is -0.0510. The second-order valence-corrected chi connectivity index (χ2v) is 5.71. The van der Waals surface area contributed by atoms with E-state index in [4.69, 9.17) is 4.74 Å². The van der Waals surface area contributed by atoms with Crippen LogP contribution < -0.4 is 15.0 Å². The fourth-order valence-electron chi connectivity index (χ4n) is 3.08. The average Bonchev–Trinajstić information content (AvgIpc) is 2.69. The SMILES string of the molecule is CC1CCCC(C(=O)N2CCCOc3ccccc32)N1. The smallest absolute Gasteiger partial charge is 0.244 e. The van der Waals surface area contributed by atoms with Crippen LogP contribution in [0.2, 0.25) is 0 Å². The van der Waals surface area contributed by atoms with Gasteiger partial charge in [-0.15, -0.1) is 0 Å². The third-order valence-electron chi connectivity index (χ3n) is 4.12. The Hall–Kier alpha value is -1.55. The first-order valence-corrected chi connectivity index (χ1v) is 7.55. The molecule has 0 saturated carbocycles. The summed E-state index contributed by atoms with van der Waals surface area (Å²) in [6.07, 6.45) is 4.09. The van der Waals surface area contributed by atoms with Crippen LogP contribution in [-0.4, -0.2) is 31.1 Å². The number of piperidine rings is 1. The minimum Gasteiger partial charge on any atom is -0.491 e. The molecule has 0 radical (unpaired) electrons. The molecule has 1 amide bonds. The van der Waals surface area contributed by atoms with E-state index in [1.54, 1.807) is 0 Å². The molecule has 2 unspecified atom stereocenters. The Kier molecular flexibility index (Phi) is 3.92. The highest BCUT2D eigenvalue weighted by Crippen LogP contribution is 2.31. The van der Waals surface area contributed by atoms with Gasteiger partial charge in [0.2, 0.25) is 5.91 Å². The number of hydrogen-bond acceptors (Lipinski definition) is 3. The Morgan fingerprint density at radius 3 is 3.00 bits per heavy atom. The van der Waals surface area contributed by atoms with Gasteiger partial charge in [-0.2, -0.15) is 0 Å². The average molecular weight is 274 g/mol. The number of nitrogens with one attached hydrogen (secondary N) is 1. The lowest BCUT2D eigenvalue weighted by Crippen LogP contribution is -2.51. The van der Waals surface area contributed by atoms with Crippen molar-refractivity contribution in [2.45, 2.75) is 44.7 Å². The first-order valence-electron chi connectivity index (χ1n) is 7.55. The molecule has 2 aliphatic rings. The van der Waals surface area contributed by atoms with Crippen LogP contribution in [0, 0.1) is 0 Å². The summed E-state index contributed by atoms with van der Waals surface area (Å²) in [6.45, 7) is 3.57. The van der Waals surface area contributed by atoms with Gasteiger partial charge in [-0.1, -0.05) is 12.1 Å². The summed E-state index contributed by atoms with van der Waals surface area (Å²) in [7, 11) is 0. The number of fused-ring (bicyclic) bond motifs is 1. The molecule has 1 aromatic carbocycles. The summed E-state index contributed by atoms with van der Waals surface area (Å²) in [5.74, 6) is 1.01. The molecule has 1 saturated heterocycles. The van der Waals surface area contributed by atoms with Gasteiger partial charge in [0.1, 0.15) is 5.75 Å². The first kappa shape index (κ1) is 13.4.